The zero-order valence-electron chi connectivity index (χ0n) is 20.7. The van der Waals surface area contributed by atoms with E-state index in [1.165, 1.54) is 6.33 Å². The number of hydrogen-bond donors (Lipinski definition) is 2. The summed E-state index contributed by atoms with van der Waals surface area (Å²) < 4.78 is 6.99. The van der Waals surface area contributed by atoms with Crippen LogP contribution in [0.25, 0.3) is 0 Å². The largest absolute Gasteiger partial charge is 0.496 e. The van der Waals surface area contributed by atoms with Crippen LogP contribution < -0.4 is 15.4 Å². The van der Waals surface area contributed by atoms with Crippen LogP contribution in [0, 0.1) is 0 Å². The van der Waals surface area contributed by atoms with Crippen LogP contribution in [0.1, 0.15) is 51.9 Å². The topological polar surface area (TPSA) is 106 Å². The van der Waals surface area contributed by atoms with Crippen LogP contribution in [-0.4, -0.2) is 50.9 Å². The number of imidazole rings is 1. The minimum Gasteiger partial charge on any atom is -0.496 e. The van der Waals surface area contributed by atoms with E-state index in [0.29, 0.717) is 10.8 Å². The van der Waals surface area contributed by atoms with E-state index >= 15 is 0 Å². The number of carbonyl (C=O) groups excluding carboxylic acids is 3. The number of para-hydroxylation sites is 1. The predicted molar refractivity (Wildman–Crippen MR) is 137 cm³/mol. The molecule has 0 radical (unpaired) electrons. The zero-order chi connectivity index (χ0) is 26.2. The number of aromatic nitrogens is 2. The monoisotopic (exact) mass is 521 g/mol. The third kappa shape index (κ3) is 4.67. The summed E-state index contributed by atoms with van der Waals surface area (Å²) in [7, 11) is 1.58. The van der Waals surface area contributed by atoms with Crippen molar-refractivity contribution in [3.8, 4) is 5.75 Å². The first-order valence-electron chi connectivity index (χ1n) is 12.1. The van der Waals surface area contributed by atoms with Gasteiger partial charge in [0.05, 0.1) is 20.0 Å². The maximum atomic E-state index is 13.8. The Hall–Kier alpha value is -3.85. The summed E-state index contributed by atoms with van der Waals surface area (Å²) in [5.74, 6) is -0.440. The molecule has 3 aromatic rings. The lowest BCUT2D eigenvalue weighted by Crippen LogP contribution is -2.64. The highest BCUT2D eigenvalue weighted by molar-refractivity contribution is 6.31. The van der Waals surface area contributed by atoms with Gasteiger partial charge >= 0.3 is 0 Å². The second-order valence-corrected chi connectivity index (χ2v) is 9.93. The van der Waals surface area contributed by atoms with E-state index in [0.717, 1.165) is 24.0 Å². The lowest BCUT2D eigenvalue weighted by atomic mass is 9.93. The van der Waals surface area contributed by atoms with Gasteiger partial charge in [-0.1, -0.05) is 48.0 Å². The lowest BCUT2D eigenvalue weighted by Gasteiger charge is -2.44. The van der Waals surface area contributed by atoms with Crippen LogP contribution in [0.4, 0.5) is 0 Å². The van der Waals surface area contributed by atoms with Crippen LogP contribution in [0.15, 0.2) is 54.9 Å². The predicted octanol–water partition coefficient (Wildman–Crippen LogP) is 3.17. The molecule has 2 N–H and O–H groups in total. The summed E-state index contributed by atoms with van der Waals surface area (Å²) >= 11 is 6.20. The van der Waals surface area contributed by atoms with Gasteiger partial charge in [0.1, 0.15) is 17.0 Å². The minimum absolute atomic E-state index is 0.0409. The van der Waals surface area contributed by atoms with E-state index < -0.39 is 11.4 Å². The SMILES string of the molecule is COc1ccccc1CNC(=O)[C@@]1(C)Cn2cnc(C(=O)NCc3ccccc3Cl)c2C(=O)N1C1CC1. The summed E-state index contributed by atoms with van der Waals surface area (Å²) in [4.78, 5) is 46.2. The number of carbonyl (C=O) groups is 3. The Bertz CT molecular complexity index is 1370. The Morgan fingerprint density at radius 3 is 2.46 bits per heavy atom. The Kier molecular flexibility index (Phi) is 6.64. The molecule has 37 heavy (non-hydrogen) atoms. The molecule has 1 atom stereocenters. The molecule has 2 heterocycles. The smallest absolute Gasteiger partial charge is 0.274 e. The molecular weight excluding hydrogens is 494 g/mol. The molecule has 3 amide bonds. The van der Waals surface area contributed by atoms with Gasteiger partial charge in [0.2, 0.25) is 5.91 Å². The molecule has 5 rings (SSSR count). The summed E-state index contributed by atoms with van der Waals surface area (Å²) in [6.45, 7) is 2.42. The van der Waals surface area contributed by atoms with Gasteiger partial charge < -0.3 is 24.8 Å². The fourth-order valence-corrected chi connectivity index (χ4v) is 5.04. The first-order valence-corrected chi connectivity index (χ1v) is 12.5. The number of ether oxygens (including phenoxy) is 1. The van der Waals surface area contributed by atoms with Crippen LogP contribution in [-0.2, 0) is 24.4 Å². The fraction of sp³-hybridized carbons (Fsp3) is 0.333. The van der Waals surface area contributed by atoms with E-state index in [1.807, 2.05) is 42.5 Å². The molecule has 2 aromatic carbocycles. The van der Waals surface area contributed by atoms with E-state index in [1.54, 1.807) is 29.6 Å². The van der Waals surface area contributed by atoms with Gasteiger partial charge in [-0.05, 0) is 37.5 Å². The van der Waals surface area contributed by atoms with E-state index in [4.69, 9.17) is 16.3 Å². The van der Waals surface area contributed by atoms with E-state index in [-0.39, 0.29) is 48.9 Å². The van der Waals surface area contributed by atoms with Crippen molar-refractivity contribution in [3.63, 3.8) is 0 Å². The number of fused-ring (bicyclic) bond motifs is 1. The van der Waals surface area contributed by atoms with Crippen LogP contribution in [0.5, 0.6) is 5.75 Å². The molecule has 1 fully saturated rings. The van der Waals surface area contributed by atoms with Gasteiger partial charge in [-0.15, -0.1) is 0 Å². The number of amides is 3. The van der Waals surface area contributed by atoms with E-state index in [9.17, 15) is 14.4 Å². The molecule has 0 bridgehead atoms. The van der Waals surface area contributed by atoms with Crippen molar-refractivity contribution in [2.75, 3.05) is 7.11 Å². The summed E-state index contributed by atoms with van der Waals surface area (Å²) in [6.07, 6.45) is 3.07. The van der Waals surface area contributed by atoms with Crippen molar-refractivity contribution in [3.05, 3.63) is 82.4 Å². The molecular formula is C27H28ClN5O4. The second kappa shape index (κ2) is 9.89. The molecule has 2 aliphatic rings. The Morgan fingerprint density at radius 2 is 1.76 bits per heavy atom. The standard InChI is InChI=1S/C27H28ClN5O4/c1-27(26(36)30-14-18-8-4-6-10-21(18)37-2)15-32-16-31-22(23(32)25(35)33(27)19-11-12-19)24(34)29-13-17-7-3-5-9-20(17)28/h3-10,16,19H,11-15H2,1-2H3,(H,29,34)(H,30,36)/t27-/m1/s1. The number of halogens is 1. The van der Waals surface area contributed by atoms with Crippen LogP contribution in [0.2, 0.25) is 5.02 Å². The normalized spacial score (nSPS) is 18.8. The van der Waals surface area contributed by atoms with Crippen molar-refractivity contribution in [2.24, 2.45) is 0 Å². The highest BCUT2D eigenvalue weighted by atomic mass is 35.5. The van der Waals surface area contributed by atoms with Gasteiger partial charge in [0.25, 0.3) is 11.8 Å². The quantitative estimate of drug-likeness (QED) is 0.473. The van der Waals surface area contributed by atoms with Gasteiger partial charge in [0.15, 0.2) is 5.69 Å². The highest BCUT2D eigenvalue weighted by Gasteiger charge is 2.53. The molecule has 1 aliphatic heterocycles. The number of hydrogen-bond acceptors (Lipinski definition) is 5. The van der Waals surface area contributed by atoms with E-state index in [2.05, 4.69) is 15.6 Å². The third-order valence-corrected chi connectivity index (χ3v) is 7.28. The molecule has 0 unspecified atom stereocenters. The van der Waals surface area contributed by atoms with Gasteiger partial charge in [-0.2, -0.15) is 0 Å². The zero-order valence-corrected chi connectivity index (χ0v) is 21.4. The van der Waals surface area contributed by atoms with Crippen LogP contribution in [0.3, 0.4) is 0 Å². The number of nitrogens with zero attached hydrogens (tertiary/aromatic N) is 3. The van der Waals surface area contributed by atoms with Gasteiger partial charge in [-0.25, -0.2) is 4.98 Å². The molecule has 1 aliphatic carbocycles. The number of nitrogens with one attached hydrogen (secondary N) is 2. The fourth-order valence-electron chi connectivity index (χ4n) is 4.84. The summed E-state index contributed by atoms with van der Waals surface area (Å²) in [5.41, 5.74) is 0.690. The average Bonchev–Trinajstić information content (AvgIpc) is 3.64. The Morgan fingerprint density at radius 1 is 1.08 bits per heavy atom. The first-order chi connectivity index (χ1) is 17.8. The van der Waals surface area contributed by atoms with Gasteiger partial charge in [0, 0.05) is 29.7 Å². The highest BCUT2D eigenvalue weighted by Crippen LogP contribution is 2.39. The minimum atomic E-state index is -1.14. The van der Waals surface area contributed by atoms with Crippen LogP contribution >= 0.6 is 11.6 Å². The number of methoxy groups -OCH3 is 1. The third-order valence-electron chi connectivity index (χ3n) is 6.91. The van der Waals surface area contributed by atoms with Crippen molar-refractivity contribution in [1.82, 2.24) is 25.1 Å². The Labute approximate surface area is 219 Å². The summed E-state index contributed by atoms with van der Waals surface area (Å²) in [6, 6.07) is 14.6. The molecule has 9 nitrogen and oxygen atoms in total. The lowest BCUT2D eigenvalue weighted by molar-refractivity contribution is -0.133. The van der Waals surface area contributed by atoms with Crippen molar-refractivity contribution in [1.29, 1.82) is 0 Å². The molecule has 0 saturated heterocycles. The van der Waals surface area contributed by atoms with Crippen molar-refractivity contribution >= 4 is 29.3 Å². The number of benzene rings is 2. The average molecular weight is 522 g/mol. The second-order valence-electron chi connectivity index (χ2n) is 9.52. The maximum Gasteiger partial charge on any atom is 0.274 e. The number of rotatable bonds is 8. The molecule has 1 aromatic heterocycles. The maximum absolute atomic E-state index is 13.8. The first kappa shape index (κ1) is 24.8. The van der Waals surface area contributed by atoms with Crippen molar-refractivity contribution < 1.29 is 19.1 Å². The van der Waals surface area contributed by atoms with Crippen molar-refractivity contribution in [2.45, 2.75) is 51.0 Å². The van der Waals surface area contributed by atoms with Gasteiger partial charge in [-0.3, -0.25) is 14.4 Å². The molecule has 192 valence electrons. The molecule has 1 saturated carbocycles. The Balaban J connectivity index is 1.37. The molecule has 0 spiro atoms. The summed E-state index contributed by atoms with van der Waals surface area (Å²) in [5, 5.41) is 6.33. The molecule has 10 heteroatoms.